The van der Waals surface area contributed by atoms with Crippen molar-refractivity contribution in [2.45, 2.75) is 45.1 Å². The van der Waals surface area contributed by atoms with Crippen LogP contribution in [0.1, 0.15) is 39.0 Å². The van der Waals surface area contributed by atoms with Crippen LogP contribution in [0.5, 0.6) is 0 Å². The highest BCUT2D eigenvalue weighted by Gasteiger charge is 2.18. The SMILES string of the molecule is CC(=O)N(C)CC(=O)OC1CCCCC1. The molecule has 0 aliphatic heterocycles. The quantitative estimate of drug-likeness (QED) is 0.665. The summed E-state index contributed by atoms with van der Waals surface area (Å²) in [7, 11) is 1.60. The van der Waals surface area contributed by atoms with E-state index in [0.717, 1.165) is 25.7 Å². The zero-order valence-corrected chi connectivity index (χ0v) is 9.49. The molecule has 4 heteroatoms. The number of hydrogen-bond donors (Lipinski definition) is 0. The van der Waals surface area contributed by atoms with Gasteiger partial charge in [0.15, 0.2) is 0 Å². The molecule has 0 spiro atoms. The minimum Gasteiger partial charge on any atom is -0.461 e. The normalized spacial score (nSPS) is 17.2. The van der Waals surface area contributed by atoms with E-state index in [1.54, 1.807) is 7.05 Å². The first-order valence-corrected chi connectivity index (χ1v) is 5.51. The highest BCUT2D eigenvalue weighted by molar-refractivity contribution is 5.80. The predicted octanol–water partition coefficient (Wildman–Crippen LogP) is 1.34. The van der Waals surface area contributed by atoms with Gasteiger partial charge in [-0.25, -0.2) is 0 Å². The topological polar surface area (TPSA) is 46.6 Å². The molecule has 0 heterocycles. The zero-order chi connectivity index (χ0) is 11.3. The van der Waals surface area contributed by atoms with E-state index in [9.17, 15) is 9.59 Å². The van der Waals surface area contributed by atoms with Crippen LogP contribution in [0.25, 0.3) is 0 Å². The second-order valence-electron chi connectivity index (χ2n) is 4.12. The van der Waals surface area contributed by atoms with Gasteiger partial charge in [0.2, 0.25) is 5.91 Å². The molecule has 1 amide bonds. The number of nitrogens with zero attached hydrogens (tertiary/aromatic N) is 1. The second kappa shape index (κ2) is 5.73. The zero-order valence-electron chi connectivity index (χ0n) is 9.49. The summed E-state index contributed by atoms with van der Waals surface area (Å²) in [4.78, 5) is 23.7. The molecule has 0 aromatic carbocycles. The number of esters is 1. The summed E-state index contributed by atoms with van der Waals surface area (Å²) >= 11 is 0. The summed E-state index contributed by atoms with van der Waals surface area (Å²) < 4.78 is 5.28. The molecular formula is C11H19NO3. The van der Waals surface area contributed by atoms with Crippen LogP contribution in [0.2, 0.25) is 0 Å². The Bertz CT molecular complexity index is 234. The Hall–Kier alpha value is -1.06. The second-order valence-corrected chi connectivity index (χ2v) is 4.12. The molecule has 1 saturated carbocycles. The summed E-state index contributed by atoms with van der Waals surface area (Å²) in [6.45, 7) is 1.50. The van der Waals surface area contributed by atoms with E-state index in [-0.39, 0.29) is 24.5 Å². The lowest BCUT2D eigenvalue weighted by Crippen LogP contribution is -2.33. The average molecular weight is 213 g/mol. The number of carbonyl (C=O) groups excluding carboxylic acids is 2. The Kier molecular flexibility index (Phi) is 4.59. The molecule has 0 unspecified atom stereocenters. The number of amides is 1. The van der Waals surface area contributed by atoms with Gasteiger partial charge in [0.25, 0.3) is 0 Å². The molecule has 0 N–H and O–H groups in total. The molecule has 0 aromatic heterocycles. The van der Waals surface area contributed by atoms with Crippen LogP contribution < -0.4 is 0 Å². The molecule has 4 nitrogen and oxygen atoms in total. The standard InChI is InChI=1S/C11H19NO3/c1-9(13)12(2)8-11(14)15-10-6-4-3-5-7-10/h10H,3-8H2,1-2H3. The molecule has 0 radical (unpaired) electrons. The largest absolute Gasteiger partial charge is 0.461 e. The summed E-state index contributed by atoms with van der Waals surface area (Å²) in [6, 6.07) is 0. The highest BCUT2D eigenvalue weighted by atomic mass is 16.5. The summed E-state index contributed by atoms with van der Waals surface area (Å²) in [5, 5.41) is 0. The lowest BCUT2D eigenvalue weighted by Gasteiger charge is -2.23. The highest BCUT2D eigenvalue weighted by Crippen LogP contribution is 2.20. The van der Waals surface area contributed by atoms with E-state index >= 15 is 0 Å². The number of carbonyl (C=O) groups is 2. The number of rotatable bonds is 3. The van der Waals surface area contributed by atoms with Crippen LogP contribution in [0.3, 0.4) is 0 Å². The fraction of sp³-hybridized carbons (Fsp3) is 0.818. The summed E-state index contributed by atoms with van der Waals surface area (Å²) in [6.07, 6.45) is 5.53. The third-order valence-corrected chi connectivity index (χ3v) is 2.75. The summed E-state index contributed by atoms with van der Waals surface area (Å²) in [5.74, 6) is -0.407. The lowest BCUT2D eigenvalue weighted by atomic mass is 9.98. The predicted molar refractivity (Wildman–Crippen MR) is 56.3 cm³/mol. The van der Waals surface area contributed by atoms with Crippen LogP contribution in [-0.2, 0) is 14.3 Å². The Morgan fingerprint density at radius 2 is 1.87 bits per heavy atom. The fourth-order valence-electron chi connectivity index (χ4n) is 1.71. The van der Waals surface area contributed by atoms with Crippen molar-refractivity contribution in [3.05, 3.63) is 0 Å². The molecule has 1 aliphatic rings. The van der Waals surface area contributed by atoms with Crippen molar-refractivity contribution in [3.63, 3.8) is 0 Å². The molecule has 0 bridgehead atoms. The number of hydrogen-bond acceptors (Lipinski definition) is 3. The maximum atomic E-state index is 11.4. The maximum absolute atomic E-state index is 11.4. The van der Waals surface area contributed by atoms with Gasteiger partial charge in [-0.05, 0) is 25.7 Å². The fourth-order valence-corrected chi connectivity index (χ4v) is 1.71. The average Bonchev–Trinajstić information content (AvgIpc) is 2.18. The van der Waals surface area contributed by atoms with Gasteiger partial charge in [0, 0.05) is 14.0 Å². The third kappa shape index (κ3) is 4.32. The van der Waals surface area contributed by atoms with Crippen molar-refractivity contribution in [1.29, 1.82) is 0 Å². The van der Waals surface area contributed by atoms with E-state index in [1.165, 1.54) is 18.2 Å². The molecular weight excluding hydrogens is 194 g/mol. The number of likely N-dealkylation sites (N-methyl/N-ethyl adjacent to an activating group) is 1. The smallest absolute Gasteiger partial charge is 0.325 e. The van der Waals surface area contributed by atoms with Crippen molar-refractivity contribution in [2.24, 2.45) is 0 Å². The van der Waals surface area contributed by atoms with Crippen LogP contribution >= 0.6 is 0 Å². The Balaban J connectivity index is 2.25. The minimum absolute atomic E-state index is 0.0613. The van der Waals surface area contributed by atoms with Crippen molar-refractivity contribution in [2.75, 3.05) is 13.6 Å². The molecule has 1 rings (SSSR count). The van der Waals surface area contributed by atoms with Gasteiger partial charge in [0.05, 0.1) is 0 Å². The van der Waals surface area contributed by atoms with Gasteiger partial charge in [-0.1, -0.05) is 6.42 Å². The van der Waals surface area contributed by atoms with Crippen LogP contribution in [0.4, 0.5) is 0 Å². The van der Waals surface area contributed by atoms with Gasteiger partial charge in [0.1, 0.15) is 12.6 Å². The molecule has 1 aliphatic carbocycles. The lowest BCUT2D eigenvalue weighted by molar-refractivity contribution is -0.154. The van der Waals surface area contributed by atoms with Crippen molar-refractivity contribution in [1.82, 2.24) is 4.90 Å². The molecule has 0 atom stereocenters. The molecule has 1 fully saturated rings. The van der Waals surface area contributed by atoms with Crippen molar-refractivity contribution >= 4 is 11.9 Å². The van der Waals surface area contributed by atoms with Crippen molar-refractivity contribution in [3.8, 4) is 0 Å². The van der Waals surface area contributed by atoms with E-state index in [0.29, 0.717) is 0 Å². The first-order valence-electron chi connectivity index (χ1n) is 5.51. The van der Waals surface area contributed by atoms with E-state index < -0.39 is 0 Å². The van der Waals surface area contributed by atoms with E-state index in [4.69, 9.17) is 4.74 Å². The first-order chi connectivity index (χ1) is 7.09. The molecule has 0 aromatic rings. The van der Waals surface area contributed by atoms with E-state index in [1.807, 2.05) is 0 Å². The van der Waals surface area contributed by atoms with Gasteiger partial charge >= 0.3 is 5.97 Å². The van der Waals surface area contributed by atoms with Crippen LogP contribution in [-0.4, -0.2) is 36.5 Å². The third-order valence-electron chi connectivity index (χ3n) is 2.75. The van der Waals surface area contributed by atoms with Crippen molar-refractivity contribution < 1.29 is 14.3 Å². The van der Waals surface area contributed by atoms with Gasteiger partial charge in [-0.15, -0.1) is 0 Å². The minimum atomic E-state index is -0.292. The number of ether oxygens (including phenoxy) is 1. The molecule has 15 heavy (non-hydrogen) atoms. The molecule has 86 valence electrons. The first kappa shape index (κ1) is 12.0. The van der Waals surface area contributed by atoms with Gasteiger partial charge < -0.3 is 9.64 Å². The Labute approximate surface area is 90.6 Å². The van der Waals surface area contributed by atoms with Gasteiger partial charge in [-0.2, -0.15) is 0 Å². The van der Waals surface area contributed by atoms with E-state index in [2.05, 4.69) is 0 Å². The van der Waals surface area contributed by atoms with Crippen LogP contribution in [0, 0.1) is 0 Å². The van der Waals surface area contributed by atoms with Crippen LogP contribution in [0.15, 0.2) is 0 Å². The Morgan fingerprint density at radius 3 is 2.40 bits per heavy atom. The summed E-state index contributed by atoms with van der Waals surface area (Å²) in [5.41, 5.74) is 0. The molecule has 0 saturated heterocycles. The maximum Gasteiger partial charge on any atom is 0.325 e. The monoisotopic (exact) mass is 213 g/mol. The Morgan fingerprint density at radius 1 is 1.27 bits per heavy atom. The van der Waals surface area contributed by atoms with Gasteiger partial charge in [-0.3, -0.25) is 9.59 Å².